The summed E-state index contributed by atoms with van der Waals surface area (Å²) in [7, 11) is 0. The Morgan fingerprint density at radius 2 is 2.00 bits per heavy atom. The lowest BCUT2D eigenvalue weighted by molar-refractivity contribution is 0.0984. The van der Waals surface area contributed by atoms with Crippen LogP contribution in [0, 0.1) is 6.92 Å². The molecule has 0 spiro atoms. The van der Waals surface area contributed by atoms with Gasteiger partial charge in [0, 0.05) is 22.4 Å². The lowest BCUT2D eigenvalue weighted by Crippen LogP contribution is -2.36. The number of nitrogens with two attached hydrogens (primary N) is 1. The normalized spacial score (nSPS) is 13.9. The lowest BCUT2D eigenvalue weighted by atomic mass is 9.99. The highest BCUT2D eigenvalue weighted by molar-refractivity contribution is 9.10. The Labute approximate surface area is 132 Å². The van der Waals surface area contributed by atoms with Gasteiger partial charge in [-0.25, -0.2) is 0 Å². The maximum atomic E-state index is 12.9. The van der Waals surface area contributed by atoms with Gasteiger partial charge in [0.15, 0.2) is 0 Å². The summed E-state index contributed by atoms with van der Waals surface area (Å²) in [5.41, 5.74) is 10.6. The molecule has 2 aromatic rings. The molecule has 3 nitrogen and oxygen atoms in total. The highest BCUT2D eigenvalue weighted by Gasteiger charge is 2.26. The zero-order chi connectivity index (χ0) is 15.0. The Morgan fingerprint density at radius 3 is 2.81 bits per heavy atom. The fraction of sp³-hybridized carbons (Fsp3) is 0.235. The first-order chi connectivity index (χ1) is 10.1. The first-order valence-corrected chi connectivity index (χ1v) is 7.83. The predicted molar refractivity (Wildman–Crippen MR) is 89.7 cm³/mol. The van der Waals surface area contributed by atoms with E-state index in [2.05, 4.69) is 15.9 Å². The van der Waals surface area contributed by atoms with Crippen LogP contribution in [0.2, 0.25) is 0 Å². The molecule has 0 bridgehead atoms. The summed E-state index contributed by atoms with van der Waals surface area (Å²) < 4.78 is 0.867. The van der Waals surface area contributed by atoms with Crippen LogP contribution < -0.4 is 10.6 Å². The number of rotatable bonds is 1. The molecule has 0 atom stereocenters. The van der Waals surface area contributed by atoms with Crippen LogP contribution >= 0.6 is 15.9 Å². The maximum Gasteiger partial charge on any atom is 0.259 e. The molecule has 4 heteroatoms. The summed E-state index contributed by atoms with van der Waals surface area (Å²) in [6, 6.07) is 11.5. The monoisotopic (exact) mass is 344 g/mol. The molecule has 21 heavy (non-hydrogen) atoms. The molecule has 1 aliphatic heterocycles. The van der Waals surface area contributed by atoms with Gasteiger partial charge in [0.1, 0.15) is 0 Å². The molecule has 108 valence electrons. The Balaban J connectivity index is 2.05. The maximum absolute atomic E-state index is 12.9. The van der Waals surface area contributed by atoms with Crippen LogP contribution in [0.5, 0.6) is 0 Å². The van der Waals surface area contributed by atoms with Crippen molar-refractivity contribution in [2.75, 3.05) is 17.2 Å². The molecule has 0 unspecified atom stereocenters. The molecule has 0 saturated carbocycles. The van der Waals surface area contributed by atoms with E-state index in [1.807, 2.05) is 48.2 Å². The van der Waals surface area contributed by atoms with E-state index < -0.39 is 0 Å². The number of hydrogen-bond donors (Lipinski definition) is 1. The molecular weight excluding hydrogens is 328 g/mol. The van der Waals surface area contributed by atoms with Crippen LogP contribution in [0.15, 0.2) is 40.9 Å². The standard InChI is InChI=1S/C17H17BrN2O/c1-11-5-2-6-13(16(11)18)17(21)20-10-4-7-12-14(19)8-3-9-15(12)20/h2-3,5-6,8-9H,4,7,10,19H2,1H3. The summed E-state index contributed by atoms with van der Waals surface area (Å²) in [5, 5.41) is 0. The number of carbonyl (C=O) groups is 1. The van der Waals surface area contributed by atoms with Gasteiger partial charge in [-0.15, -0.1) is 0 Å². The van der Waals surface area contributed by atoms with E-state index in [0.29, 0.717) is 5.56 Å². The molecule has 2 aromatic carbocycles. The summed E-state index contributed by atoms with van der Waals surface area (Å²) in [5.74, 6) is 0.0251. The number of nitrogens with zero attached hydrogens (tertiary/aromatic N) is 1. The lowest BCUT2D eigenvalue weighted by Gasteiger charge is -2.30. The van der Waals surface area contributed by atoms with Gasteiger partial charge in [0.2, 0.25) is 0 Å². The van der Waals surface area contributed by atoms with Gasteiger partial charge in [-0.1, -0.05) is 18.2 Å². The van der Waals surface area contributed by atoms with Crippen molar-refractivity contribution in [1.82, 2.24) is 0 Å². The van der Waals surface area contributed by atoms with Crippen LogP contribution in [-0.2, 0) is 6.42 Å². The summed E-state index contributed by atoms with van der Waals surface area (Å²) in [4.78, 5) is 14.7. The van der Waals surface area contributed by atoms with Gasteiger partial charge >= 0.3 is 0 Å². The van der Waals surface area contributed by atoms with E-state index >= 15 is 0 Å². The second-order valence-corrected chi connectivity index (χ2v) is 6.13. The molecule has 1 aliphatic rings. The second-order valence-electron chi connectivity index (χ2n) is 5.34. The molecule has 0 aliphatic carbocycles. The van der Waals surface area contributed by atoms with Crippen molar-refractivity contribution in [2.24, 2.45) is 0 Å². The van der Waals surface area contributed by atoms with Crippen LogP contribution in [-0.4, -0.2) is 12.5 Å². The van der Waals surface area contributed by atoms with Crippen molar-refractivity contribution in [3.05, 3.63) is 57.6 Å². The van der Waals surface area contributed by atoms with E-state index in [-0.39, 0.29) is 5.91 Å². The number of halogens is 1. The summed E-state index contributed by atoms with van der Waals surface area (Å²) in [6.45, 7) is 2.72. The van der Waals surface area contributed by atoms with Crippen LogP contribution in [0.4, 0.5) is 11.4 Å². The van der Waals surface area contributed by atoms with E-state index in [1.54, 1.807) is 0 Å². The molecule has 2 N–H and O–H groups in total. The third-order valence-corrected chi connectivity index (χ3v) is 5.01. The minimum Gasteiger partial charge on any atom is -0.398 e. The number of fused-ring (bicyclic) bond motifs is 1. The number of hydrogen-bond acceptors (Lipinski definition) is 2. The second kappa shape index (κ2) is 5.53. The van der Waals surface area contributed by atoms with Crippen molar-refractivity contribution in [3.8, 4) is 0 Å². The Bertz CT molecular complexity index is 712. The van der Waals surface area contributed by atoms with E-state index in [1.165, 1.54) is 0 Å². The van der Waals surface area contributed by atoms with Gasteiger partial charge in [-0.05, 0) is 65.0 Å². The van der Waals surface area contributed by atoms with Gasteiger partial charge in [0.05, 0.1) is 5.56 Å². The number of aryl methyl sites for hydroxylation is 1. The zero-order valence-electron chi connectivity index (χ0n) is 11.9. The fourth-order valence-corrected chi connectivity index (χ4v) is 3.25. The van der Waals surface area contributed by atoms with Crippen molar-refractivity contribution in [1.29, 1.82) is 0 Å². The van der Waals surface area contributed by atoms with E-state index in [4.69, 9.17) is 5.73 Å². The van der Waals surface area contributed by atoms with Crippen molar-refractivity contribution < 1.29 is 4.79 Å². The number of anilines is 2. The predicted octanol–water partition coefficient (Wildman–Crippen LogP) is 3.93. The third-order valence-electron chi connectivity index (χ3n) is 3.95. The Kier molecular flexibility index (Phi) is 3.72. The first kappa shape index (κ1) is 14.1. The number of benzene rings is 2. The molecule has 3 rings (SSSR count). The highest BCUT2D eigenvalue weighted by atomic mass is 79.9. The average molecular weight is 345 g/mol. The first-order valence-electron chi connectivity index (χ1n) is 7.04. The Hall–Kier alpha value is -1.81. The van der Waals surface area contributed by atoms with Crippen molar-refractivity contribution in [3.63, 3.8) is 0 Å². The van der Waals surface area contributed by atoms with Gasteiger partial charge in [-0.2, -0.15) is 0 Å². The molecule has 0 aromatic heterocycles. The topological polar surface area (TPSA) is 46.3 Å². The molecule has 1 heterocycles. The third kappa shape index (κ3) is 2.44. The van der Waals surface area contributed by atoms with Gasteiger partial charge in [-0.3, -0.25) is 4.79 Å². The molecular formula is C17H17BrN2O. The molecule has 0 radical (unpaired) electrons. The van der Waals surface area contributed by atoms with Crippen LogP contribution in [0.25, 0.3) is 0 Å². The summed E-state index contributed by atoms with van der Waals surface area (Å²) in [6.07, 6.45) is 1.87. The largest absolute Gasteiger partial charge is 0.398 e. The molecule has 1 amide bonds. The number of amides is 1. The average Bonchev–Trinajstić information content (AvgIpc) is 2.49. The number of carbonyl (C=O) groups excluding carboxylic acids is 1. The highest BCUT2D eigenvalue weighted by Crippen LogP contribution is 2.33. The molecule has 0 fully saturated rings. The zero-order valence-corrected chi connectivity index (χ0v) is 13.5. The molecule has 0 saturated heterocycles. The number of nitrogen functional groups attached to an aromatic ring is 1. The summed E-state index contributed by atoms with van der Waals surface area (Å²) >= 11 is 3.53. The Morgan fingerprint density at radius 1 is 1.24 bits per heavy atom. The minimum absolute atomic E-state index is 0.0251. The van der Waals surface area contributed by atoms with E-state index in [9.17, 15) is 4.79 Å². The quantitative estimate of drug-likeness (QED) is 0.796. The van der Waals surface area contributed by atoms with Gasteiger partial charge < -0.3 is 10.6 Å². The minimum atomic E-state index is 0.0251. The van der Waals surface area contributed by atoms with Gasteiger partial charge in [0.25, 0.3) is 5.91 Å². The van der Waals surface area contributed by atoms with Crippen molar-refractivity contribution >= 4 is 33.2 Å². The van der Waals surface area contributed by atoms with Crippen molar-refractivity contribution in [2.45, 2.75) is 19.8 Å². The van der Waals surface area contributed by atoms with Crippen LogP contribution in [0.3, 0.4) is 0 Å². The fourth-order valence-electron chi connectivity index (χ4n) is 2.82. The van der Waals surface area contributed by atoms with Crippen LogP contribution in [0.1, 0.15) is 27.9 Å². The smallest absolute Gasteiger partial charge is 0.259 e. The van der Waals surface area contributed by atoms with E-state index in [0.717, 1.165) is 46.4 Å². The SMILES string of the molecule is Cc1cccc(C(=O)N2CCCc3c(N)cccc32)c1Br.